The molecule has 0 aliphatic heterocycles. The molecule has 0 saturated heterocycles. The second-order valence-corrected chi connectivity index (χ2v) is 4.56. The predicted molar refractivity (Wildman–Crippen MR) is 67.6 cm³/mol. The van der Waals surface area contributed by atoms with E-state index < -0.39 is 0 Å². The molecule has 2 aromatic heterocycles. The average Bonchev–Trinajstić information content (AvgIpc) is 3.16. The van der Waals surface area contributed by atoms with Gasteiger partial charge in [0.15, 0.2) is 5.65 Å². The van der Waals surface area contributed by atoms with E-state index in [1.54, 1.807) is 6.07 Å². The van der Waals surface area contributed by atoms with Crippen LogP contribution < -0.4 is 16.3 Å². The highest BCUT2D eigenvalue weighted by Crippen LogP contribution is 2.30. The first kappa shape index (κ1) is 11.2. The molecule has 0 bridgehead atoms. The lowest BCUT2D eigenvalue weighted by molar-refractivity contribution is 0.707. The summed E-state index contributed by atoms with van der Waals surface area (Å²) in [6, 6.07) is 4.26. The number of fused-ring (bicyclic) bond motifs is 1. The van der Waals surface area contributed by atoms with Crippen LogP contribution in [-0.4, -0.2) is 38.9 Å². The number of hydrogen-bond acceptors (Lipinski definition) is 5. The maximum atomic E-state index is 11.5. The van der Waals surface area contributed by atoms with Gasteiger partial charge in [-0.1, -0.05) is 0 Å². The Morgan fingerprint density at radius 1 is 1.50 bits per heavy atom. The van der Waals surface area contributed by atoms with Crippen molar-refractivity contribution >= 4 is 11.5 Å². The Labute approximate surface area is 104 Å². The van der Waals surface area contributed by atoms with Crippen molar-refractivity contribution in [3.05, 3.63) is 22.6 Å². The van der Waals surface area contributed by atoms with Gasteiger partial charge in [0.05, 0.1) is 0 Å². The summed E-state index contributed by atoms with van der Waals surface area (Å²) in [4.78, 5) is 13.7. The summed E-state index contributed by atoms with van der Waals surface area (Å²) in [5.74, 6) is 0.821. The fourth-order valence-corrected chi connectivity index (χ4v) is 2.08. The molecule has 0 amide bonds. The topological polar surface area (TPSA) is 92.3 Å². The molecule has 1 aliphatic carbocycles. The Hall–Kier alpha value is -1.89. The molecule has 1 aliphatic rings. The van der Waals surface area contributed by atoms with Crippen molar-refractivity contribution in [2.24, 2.45) is 5.73 Å². The van der Waals surface area contributed by atoms with Crippen LogP contribution in [0.15, 0.2) is 16.9 Å². The molecule has 0 atom stereocenters. The molecule has 2 heterocycles. The second-order valence-electron chi connectivity index (χ2n) is 4.56. The van der Waals surface area contributed by atoms with Crippen molar-refractivity contribution in [2.75, 3.05) is 18.0 Å². The summed E-state index contributed by atoms with van der Waals surface area (Å²) >= 11 is 0. The third-order valence-electron chi connectivity index (χ3n) is 3.14. The molecule has 1 fully saturated rings. The van der Waals surface area contributed by atoms with E-state index in [1.807, 2.05) is 6.07 Å². The van der Waals surface area contributed by atoms with Crippen LogP contribution >= 0.6 is 0 Å². The molecule has 3 rings (SSSR count). The number of rotatable bonds is 5. The van der Waals surface area contributed by atoms with Gasteiger partial charge in [-0.05, 0) is 37.9 Å². The van der Waals surface area contributed by atoms with E-state index in [0.29, 0.717) is 18.2 Å². The van der Waals surface area contributed by atoms with E-state index in [2.05, 4.69) is 20.2 Å². The molecule has 0 unspecified atom stereocenters. The minimum absolute atomic E-state index is 0.304. The second kappa shape index (κ2) is 4.41. The number of nitrogens with one attached hydrogen (secondary N) is 1. The third kappa shape index (κ3) is 1.97. The van der Waals surface area contributed by atoms with Gasteiger partial charge in [0.1, 0.15) is 5.82 Å². The van der Waals surface area contributed by atoms with Gasteiger partial charge >= 0.3 is 5.69 Å². The largest absolute Gasteiger partial charge is 0.364 e. The molecule has 7 heteroatoms. The number of nitrogens with zero attached hydrogens (tertiary/aromatic N) is 4. The van der Waals surface area contributed by atoms with Gasteiger partial charge < -0.3 is 10.6 Å². The lowest BCUT2D eigenvalue weighted by Gasteiger charge is -2.22. The Kier molecular flexibility index (Phi) is 2.75. The standard InChI is InChI=1S/C11H16N6O/c12-6-1-7-16(8-2-3-8)10-5-4-9-13-14-11(18)17(9)15-10/h4-5,8H,1-3,6-7,12H2,(H,14,18). The number of aromatic nitrogens is 4. The summed E-state index contributed by atoms with van der Waals surface area (Å²) in [5.41, 5.74) is 5.79. The molecule has 0 aromatic carbocycles. The van der Waals surface area contributed by atoms with Crippen LogP contribution in [-0.2, 0) is 0 Å². The highest BCUT2D eigenvalue weighted by atomic mass is 16.2. The predicted octanol–water partition coefficient (Wildman–Crippen LogP) is -0.265. The summed E-state index contributed by atoms with van der Waals surface area (Å²) < 4.78 is 1.30. The average molecular weight is 248 g/mol. The lowest BCUT2D eigenvalue weighted by atomic mass is 10.3. The number of H-pyrrole nitrogens is 1. The highest BCUT2D eigenvalue weighted by molar-refractivity contribution is 5.46. The fourth-order valence-electron chi connectivity index (χ4n) is 2.08. The Balaban J connectivity index is 1.95. The monoisotopic (exact) mass is 248 g/mol. The van der Waals surface area contributed by atoms with Crippen molar-refractivity contribution in [2.45, 2.75) is 25.3 Å². The maximum Gasteiger partial charge on any atom is 0.364 e. The van der Waals surface area contributed by atoms with Gasteiger partial charge in [-0.25, -0.2) is 9.89 Å². The third-order valence-corrected chi connectivity index (χ3v) is 3.14. The fraction of sp³-hybridized carbons (Fsp3) is 0.545. The van der Waals surface area contributed by atoms with E-state index in [9.17, 15) is 4.79 Å². The van der Waals surface area contributed by atoms with Crippen molar-refractivity contribution < 1.29 is 0 Å². The smallest absolute Gasteiger partial charge is 0.352 e. The zero-order valence-electron chi connectivity index (χ0n) is 10.0. The van der Waals surface area contributed by atoms with Gasteiger partial charge in [0, 0.05) is 12.6 Å². The van der Waals surface area contributed by atoms with Crippen LogP contribution in [0.1, 0.15) is 19.3 Å². The molecular weight excluding hydrogens is 232 g/mol. The zero-order valence-corrected chi connectivity index (χ0v) is 10.0. The van der Waals surface area contributed by atoms with Gasteiger partial charge in [0.25, 0.3) is 0 Å². The molecule has 96 valence electrons. The molecule has 1 saturated carbocycles. The van der Waals surface area contributed by atoms with Crippen molar-refractivity contribution in [1.82, 2.24) is 19.8 Å². The molecule has 0 radical (unpaired) electrons. The van der Waals surface area contributed by atoms with Crippen LogP contribution in [0.25, 0.3) is 5.65 Å². The molecule has 3 N–H and O–H groups in total. The number of anilines is 1. The normalized spacial score (nSPS) is 15.2. The summed E-state index contributed by atoms with van der Waals surface area (Å²) in [5, 5.41) is 10.6. The van der Waals surface area contributed by atoms with Gasteiger partial charge in [-0.15, -0.1) is 5.10 Å². The van der Waals surface area contributed by atoms with Gasteiger partial charge in [-0.3, -0.25) is 0 Å². The summed E-state index contributed by atoms with van der Waals surface area (Å²) in [6.45, 7) is 1.55. The zero-order chi connectivity index (χ0) is 12.5. The van der Waals surface area contributed by atoms with Crippen LogP contribution in [0.4, 0.5) is 5.82 Å². The molecular formula is C11H16N6O. The van der Waals surface area contributed by atoms with E-state index in [4.69, 9.17) is 5.73 Å². The van der Waals surface area contributed by atoms with Crippen LogP contribution in [0.3, 0.4) is 0 Å². The number of nitrogens with two attached hydrogens (primary N) is 1. The molecule has 18 heavy (non-hydrogen) atoms. The van der Waals surface area contributed by atoms with Crippen LogP contribution in [0.5, 0.6) is 0 Å². The Morgan fingerprint density at radius 2 is 2.33 bits per heavy atom. The first-order chi connectivity index (χ1) is 8.79. The molecule has 0 spiro atoms. The van der Waals surface area contributed by atoms with Gasteiger partial charge in [0.2, 0.25) is 0 Å². The quantitative estimate of drug-likeness (QED) is 0.760. The minimum atomic E-state index is -0.304. The Morgan fingerprint density at radius 3 is 3.06 bits per heavy atom. The highest BCUT2D eigenvalue weighted by Gasteiger charge is 2.29. The molecule has 7 nitrogen and oxygen atoms in total. The first-order valence-corrected chi connectivity index (χ1v) is 6.21. The first-order valence-electron chi connectivity index (χ1n) is 6.21. The van der Waals surface area contributed by atoms with Crippen molar-refractivity contribution in [3.8, 4) is 0 Å². The number of aromatic amines is 1. The Bertz CT molecular complexity index is 599. The summed E-state index contributed by atoms with van der Waals surface area (Å²) in [6.07, 6.45) is 3.30. The minimum Gasteiger partial charge on any atom is -0.352 e. The van der Waals surface area contributed by atoms with Gasteiger partial charge in [-0.2, -0.15) is 9.61 Å². The van der Waals surface area contributed by atoms with Crippen LogP contribution in [0.2, 0.25) is 0 Å². The van der Waals surface area contributed by atoms with E-state index in [1.165, 1.54) is 17.4 Å². The van der Waals surface area contributed by atoms with Crippen molar-refractivity contribution in [1.29, 1.82) is 0 Å². The van der Waals surface area contributed by atoms with Crippen LogP contribution in [0, 0.1) is 0 Å². The van der Waals surface area contributed by atoms with E-state index in [-0.39, 0.29) is 5.69 Å². The van der Waals surface area contributed by atoms with E-state index >= 15 is 0 Å². The summed E-state index contributed by atoms with van der Waals surface area (Å²) in [7, 11) is 0. The SMILES string of the molecule is NCCCN(c1ccc2n[nH]c(=O)n2n1)C1CC1. The van der Waals surface area contributed by atoms with E-state index in [0.717, 1.165) is 18.8 Å². The maximum absolute atomic E-state index is 11.5. The molecule has 2 aromatic rings. The van der Waals surface area contributed by atoms with Crippen molar-refractivity contribution in [3.63, 3.8) is 0 Å². The lowest BCUT2D eigenvalue weighted by Crippen LogP contribution is -2.30. The number of hydrogen-bond donors (Lipinski definition) is 2.